The zero-order valence-electron chi connectivity index (χ0n) is 11.2. The summed E-state index contributed by atoms with van der Waals surface area (Å²) < 4.78 is 22.4. The molecule has 0 amide bonds. The number of nitrogen functional groups attached to an aromatic ring is 1. The van der Waals surface area contributed by atoms with Gasteiger partial charge in [-0.1, -0.05) is 20.8 Å². The SMILES string of the molecule is CC(Nc1ccc(S(N)(=O)=O)cc1N)C(C)(C)C. The van der Waals surface area contributed by atoms with E-state index in [2.05, 4.69) is 26.1 Å². The topological polar surface area (TPSA) is 98.2 Å². The quantitative estimate of drug-likeness (QED) is 0.729. The van der Waals surface area contributed by atoms with Gasteiger partial charge in [-0.15, -0.1) is 0 Å². The van der Waals surface area contributed by atoms with E-state index in [0.29, 0.717) is 11.4 Å². The highest BCUT2D eigenvalue weighted by atomic mass is 32.2. The number of rotatable bonds is 3. The molecule has 0 heterocycles. The molecule has 0 saturated carbocycles. The van der Waals surface area contributed by atoms with E-state index in [1.807, 2.05) is 6.92 Å². The molecule has 5 nitrogen and oxygen atoms in total. The molecular weight excluding hydrogens is 250 g/mol. The van der Waals surface area contributed by atoms with E-state index in [1.54, 1.807) is 6.07 Å². The van der Waals surface area contributed by atoms with Gasteiger partial charge in [0.05, 0.1) is 16.3 Å². The van der Waals surface area contributed by atoms with Gasteiger partial charge in [0.15, 0.2) is 0 Å². The van der Waals surface area contributed by atoms with E-state index in [9.17, 15) is 8.42 Å². The summed E-state index contributed by atoms with van der Waals surface area (Å²) in [4.78, 5) is 0.0222. The molecule has 1 aromatic carbocycles. The molecule has 0 radical (unpaired) electrons. The van der Waals surface area contributed by atoms with E-state index in [-0.39, 0.29) is 16.4 Å². The van der Waals surface area contributed by atoms with Crippen LogP contribution < -0.4 is 16.2 Å². The van der Waals surface area contributed by atoms with E-state index in [0.717, 1.165) is 0 Å². The Labute approximate surface area is 109 Å². The van der Waals surface area contributed by atoms with Crippen LogP contribution in [-0.2, 0) is 10.0 Å². The van der Waals surface area contributed by atoms with Crippen LogP contribution in [-0.4, -0.2) is 14.5 Å². The molecule has 0 fully saturated rings. The van der Waals surface area contributed by atoms with Crippen LogP contribution in [0.1, 0.15) is 27.7 Å². The molecule has 1 rings (SSSR count). The zero-order chi connectivity index (χ0) is 14.1. The average molecular weight is 271 g/mol. The molecule has 5 N–H and O–H groups in total. The van der Waals surface area contributed by atoms with Crippen molar-refractivity contribution in [2.45, 2.75) is 38.6 Å². The van der Waals surface area contributed by atoms with Gasteiger partial charge in [0.25, 0.3) is 0 Å². The summed E-state index contributed by atoms with van der Waals surface area (Å²) in [6, 6.07) is 4.65. The third-order valence-electron chi connectivity index (χ3n) is 3.02. The molecule has 0 aliphatic heterocycles. The summed E-state index contributed by atoms with van der Waals surface area (Å²) in [5.74, 6) is 0. The predicted molar refractivity (Wildman–Crippen MR) is 74.8 cm³/mol. The summed E-state index contributed by atoms with van der Waals surface area (Å²) >= 11 is 0. The van der Waals surface area contributed by atoms with Crippen LogP contribution in [0.3, 0.4) is 0 Å². The van der Waals surface area contributed by atoms with Gasteiger partial charge in [-0.25, -0.2) is 13.6 Å². The van der Waals surface area contributed by atoms with Crippen LogP contribution in [0.25, 0.3) is 0 Å². The fraction of sp³-hybridized carbons (Fsp3) is 0.500. The van der Waals surface area contributed by atoms with Crippen LogP contribution in [0.15, 0.2) is 23.1 Å². The van der Waals surface area contributed by atoms with E-state index in [1.165, 1.54) is 12.1 Å². The average Bonchev–Trinajstić information content (AvgIpc) is 2.17. The first-order valence-corrected chi connectivity index (χ1v) is 7.25. The van der Waals surface area contributed by atoms with E-state index >= 15 is 0 Å². The van der Waals surface area contributed by atoms with Gasteiger partial charge in [0.1, 0.15) is 0 Å². The van der Waals surface area contributed by atoms with Crippen molar-refractivity contribution in [2.75, 3.05) is 11.1 Å². The van der Waals surface area contributed by atoms with Crippen LogP contribution in [0.4, 0.5) is 11.4 Å². The molecule has 0 aromatic heterocycles. The molecular formula is C12H21N3O2S. The molecule has 1 aromatic rings. The Morgan fingerprint density at radius 3 is 2.22 bits per heavy atom. The highest BCUT2D eigenvalue weighted by molar-refractivity contribution is 7.89. The van der Waals surface area contributed by atoms with Gasteiger partial charge >= 0.3 is 0 Å². The molecule has 0 aliphatic rings. The largest absolute Gasteiger partial charge is 0.397 e. The number of sulfonamides is 1. The van der Waals surface area contributed by atoms with Crippen molar-refractivity contribution in [3.63, 3.8) is 0 Å². The van der Waals surface area contributed by atoms with Crippen LogP contribution in [0.5, 0.6) is 0 Å². The Morgan fingerprint density at radius 2 is 1.83 bits per heavy atom. The first-order chi connectivity index (χ1) is 8.01. The van der Waals surface area contributed by atoms with Gasteiger partial charge in [-0.3, -0.25) is 0 Å². The first kappa shape index (κ1) is 14.8. The van der Waals surface area contributed by atoms with Gasteiger partial charge in [0, 0.05) is 6.04 Å². The fourth-order valence-corrected chi connectivity index (χ4v) is 1.85. The number of nitrogens with one attached hydrogen (secondary N) is 1. The maximum atomic E-state index is 11.2. The lowest BCUT2D eigenvalue weighted by atomic mass is 9.88. The highest BCUT2D eigenvalue weighted by Gasteiger charge is 2.20. The van der Waals surface area contributed by atoms with Crippen molar-refractivity contribution in [1.82, 2.24) is 0 Å². The number of anilines is 2. The van der Waals surface area contributed by atoms with Gasteiger partial charge in [0.2, 0.25) is 10.0 Å². The number of hydrogen-bond donors (Lipinski definition) is 3. The van der Waals surface area contributed by atoms with Crippen LogP contribution in [0.2, 0.25) is 0 Å². The van der Waals surface area contributed by atoms with E-state index in [4.69, 9.17) is 10.9 Å². The molecule has 0 spiro atoms. The van der Waals surface area contributed by atoms with Crippen LogP contribution in [0, 0.1) is 5.41 Å². The van der Waals surface area contributed by atoms with Crippen molar-refractivity contribution in [1.29, 1.82) is 0 Å². The molecule has 1 atom stereocenters. The highest BCUT2D eigenvalue weighted by Crippen LogP contribution is 2.27. The second-order valence-corrected chi connectivity index (χ2v) is 7.09. The van der Waals surface area contributed by atoms with Gasteiger partial charge in [-0.05, 0) is 30.5 Å². The Bertz CT molecular complexity index is 533. The normalized spacial score (nSPS) is 14.3. The summed E-state index contributed by atoms with van der Waals surface area (Å²) in [5, 5.41) is 8.31. The molecule has 0 saturated heterocycles. The Kier molecular flexibility index (Phi) is 3.92. The van der Waals surface area contributed by atoms with E-state index < -0.39 is 10.0 Å². The van der Waals surface area contributed by atoms with Gasteiger partial charge < -0.3 is 11.1 Å². The van der Waals surface area contributed by atoms with Crippen molar-refractivity contribution < 1.29 is 8.42 Å². The van der Waals surface area contributed by atoms with Crippen molar-refractivity contribution in [2.24, 2.45) is 10.6 Å². The first-order valence-electron chi connectivity index (χ1n) is 5.70. The molecule has 1 unspecified atom stereocenters. The van der Waals surface area contributed by atoms with Gasteiger partial charge in [-0.2, -0.15) is 0 Å². The lowest BCUT2D eigenvalue weighted by Crippen LogP contribution is -2.31. The second kappa shape index (κ2) is 4.78. The molecule has 6 heteroatoms. The monoisotopic (exact) mass is 271 g/mol. The summed E-state index contributed by atoms with van der Waals surface area (Å²) in [6.45, 7) is 8.38. The molecule has 102 valence electrons. The molecule has 0 bridgehead atoms. The minimum atomic E-state index is -3.71. The Morgan fingerprint density at radius 1 is 1.28 bits per heavy atom. The smallest absolute Gasteiger partial charge is 0.238 e. The zero-order valence-corrected chi connectivity index (χ0v) is 12.0. The van der Waals surface area contributed by atoms with Crippen molar-refractivity contribution in [3.8, 4) is 0 Å². The lowest BCUT2D eigenvalue weighted by molar-refractivity contribution is 0.359. The number of primary sulfonamides is 1. The fourth-order valence-electron chi connectivity index (χ4n) is 1.30. The van der Waals surface area contributed by atoms with Crippen molar-refractivity contribution in [3.05, 3.63) is 18.2 Å². The number of benzene rings is 1. The number of nitrogens with two attached hydrogens (primary N) is 2. The number of hydrogen-bond acceptors (Lipinski definition) is 4. The third kappa shape index (κ3) is 3.61. The summed E-state index contributed by atoms with van der Waals surface area (Å²) in [6.07, 6.45) is 0. The summed E-state index contributed by atoms with van der Waals surface area (Å²) in [7, 11) is -3.71. The minimum Gasteiger partial charge on any atom is -0.397 e. The Balaban J connectivity index is 3.01. The third-order valence-corrected chi connectivity index (χ3v) is 3.93. The summed E-state index contributed by atoms with van der Waals surface area (Å²) in [5.41, 5.74) is 6.99. The van der Waals surface area contributed by atoms with Crippen molar-refractivity contribution >= 4 is 21.4 Å². The second-order valence-electron chi connectivity index (χ2n) is 5.53. The lowest BCUT2D eigenvalue weighted by Gasteiger charge is -2.29. The predicted octanol–water partition coefficient (Wildman–Crippen LogP) is 1.76. The molecule has 0 aliphatic carbocycles. The maximum Gasteiger partial charge on any atom is 0.238 e. The molecule has 18 heavy (non-hydrogen) atoms. The standard InChI is InChI=1S/C12H21N3O2S/c1-8(12(2,3)4)15-11-6-5-9(7-10(11)13)18(14,16)17/h5-8,15H,13H2,1-4H3,(H2,14,16,17). The minimum absolute atomic E-state index is 0.0222. The van der Waals surface area contributed by atoms with Crippen LogP contribution >= 0.6 is 0 Å². The Hall–Kier alpha value is -1.27. The maximum absolute atomic E-state index is 11.2.